The lowest BCUT2D eigenvalue weighted by Gasteiger charge is -2.15. The first kappa shape index (κ1) is 15.3. The average Bonchev–Trinajstić information content (AvgIpc) is 2.86. The number of aliphatic hydroxyl groups excluding tert-OH is 2. The van der Waals surface area contributed by atoms with Crippen LogP contribution in [-0.2, 0) is 11.2 Å². The highest BCUT2D eigenvalue weighted by Gasteiger charge is 2.22. The Morgan fingerprint density at radius 1 is 1.33 bits per heavy atom. The Morgan fingerprint density at radius 2 is 2.05 bits per heavy atom. The normalized spacial score (nSPS) is 12.8. The summed E-state index contributed by atoms with van der Waals surface area (Å²) in [5.74, 6) is -0.174. The number of phenolic OH excluding ortho intramolecular Hbond substituents is 1. The van der Waals surface area contributed by atoms with Crippen LogP contribution in [0.1, 0.15) is 5.56 Å². The molecule has 1 heterocycles. The minimum atomic E-state index is -0.672. The van der Waals surface area contributed by atoms with Crippen molar-refractivity contribution in [2.45, 2.75) is 18.5 Å². The third-order valence-corrected chi connectivity index (χ3v) is 3.38. The van der Waals surface area contributed by atoms with Gasteiger partial charge in [-0.05, 0) is 23.8 Å². The molecule has 0 radical (unpaired) electrons. The second kappa shape index (κ2) is 6.57. The second-order valence-electron chi connectivity index (χ2n) is 5.02. The average molecular weight is 294 g/mol. The molecule has 1 aromatic heterocycles. The molecule has 1 atom stereocenters. The number of rotatable bonds is 6. The third-order valence-electron chi connectivity index (χ3n) is 3.38. The van der Waals surface area contributed by atoms with Crippen LogP contribution < -0.4 is 11.1 Å². The molecule has 2 aromatic rings. The molecule has 7 nitrogen and oxygen atoms in total. The Balaban J connectivity index is 2.09. The van der Waals surface area contributed by atoms with E-state index in [1.54, 1.807) is 24.4 Å². The number of quaternary nitrogens is 1. The van der Waals surface area contributed by atoms with Gasteiger partial charge in [-0.2, -0.15) is 0 Å². The van der Waals surface area contributed by atoms with Crippen LogP contribution in [0.25, 0.3) is 10.9 Å². The molecular weight excluding hydrogens is 274 g/mol. The molecule has 21 heavy (non-hydrogen) atoms. The molecule has 2 rings (SSSR count). The van der Waals surface area contributed by atoms with E-state index in [0.717, 1.165) is 16.5 Å². The second-order valence-corrected chi connectivity index (χ2v) is 5.02. The van der Waals surface area contributed by atoms with Crippen LogP contribution in [0, 0.1) is 0 Å². The van der Waals surface area contributed by atoms with E-state index >= 15 is 0 Å². The molecule has 1 aromatic carbocycles. The molecule has 0 fully saturated rings. The van der Waals surface area contributed by atoms with Crippen LogP contribution in [0.5, 0.6) is 5.75 Å². The Bertz CT molecular complexity index is 622. The van der Waals surface area contributed by atoms with Crippen molar-refractivity contribution in [3.05, 3.63) is 30.0 Å². The smallest absolute Gasteiger partial charge is 0.278 e. The van der Waals surface area contributed by atoms with Crippen LogP contribution in [0.15, 0.2) is 24.4 Å². The summed E-state index contributed by atoms with van der Waals surface area (Å²) in [4.78, 5) is 15.0. The molecule has 114 valence electrons. The van der Waals surface area contributed by atoms with E-state index in [4.69, 9.17) is 10.2 Å². The molecule has 0 aliphatic rings. The number of aromatic hydroxyl groups is 1. The molecule has 8 N–H and O–H groups in total. The van der Waals surface area contributed by atoms with Crippen molar-refractivity contribution in [3.63, 3.8) is 0 Å². The number of H-pyrrole nitrogens is 1. The fraction of sp³-hybridized carbons (Fsp3) is 0.357. The number of carbonyl (C=O) groups is 1. The van der Waals surface area contributed by atoms with Crippen molar-refractivity contribution in [1.29, 1.82) is 0 Å². The third kappa shape index (κ3) is 3.52. The minimum absolute atomic E-state index is 0.161. The number of carbonyl (C=O) groups excluding carboxylic acids is 1. The number of phenols is 1. The van der Waals surface area contributed by atoms with Gasteiger partial charge in [0, 0.05) is 23.5 Å². The Labute approximate surface area is 121 Å². The fourth-order valence-electron chi connectivity index (χ4n) is 2.16. The quantitative estimate of drug-likeness (QED) is 0.386. The molecular formula is C14H20N3O4+. The van der Waals surface area contributed by atoms with Crippen molar-refractivity contribution in [3.8, 4) is 5.75 Å². The highest BCUT2D eigenvalue weighted by Crippen LogP contribution is 2.23. The monoisotopic (exact) mass is 294 g/mol. The Kier molecular flexibility index (Phi) is 4.79. The van der Waals surface area contributed by atoms with Crippen LogP contribution >= 0.6 is 0 Å². The van der Waals surface area contributed by atoms with Gasteiger partial charge in [-0.1, -0.05) is 0 Å². The van der Waals surface area contributed by atoms with E-state index in [9.17, 15) is 9.90 Å². The van der Waals surface area contributed by atoms with Crippen molar-refractivity contribution in [2.75, 3.05) is 13.2 Å². The maximum absolute atomic E-state index is 11.9. The molecule has 0 saturated heterocycles. The summed E-state index contributed by atoms with van der Waals surface area (Å²) in [6, 6.07) is 3.75. The maximum atomic E-state index is 11.9. The standard InChI is InChI=1S/C14H19N3O4/c15-12(14(21)17-9(6-18)7-19)3-8-5-16-13-2-1-10(20)4-11(8)13/h1-2,4-5,9,12,16,18-20H,3,6-7,15H2,(H,17,21)/p+1/t12-/m0/s1. The number of benzene rings is 1. The molecule has 0 saturated carbocycles. The number of fused-ring (bicyclic) bond motifs is 1. The summed E-state index contributed by atoms with van der Waals surface area (Å²) in [5, 5.41) is 30.8. The predicted octanol–water partition coefficient (Wildman–Crippen LogP) is -1.50. The van der Waals surface area contributed by atoms with E-state index in [0.29, 0.717) is 6.42 Å². The molecule has 0 aliphatic heterocycles. The van der Waals surface area contributed by atoms with Gasteiger partial charge >= 0.3 is 0 Å². The van der Waals surface area contributed by atoms with Gasteiger partial charge in [0.1, 0.15) is 5.75 Å². The van der Waals surface area contributed by atoms with Gasteiger partial charge in [-0.15, -0.1) is 0 Å². The van der Waals surface area contributed by atoms with Gasteiger partial charge < -0.3 is 31.4 Å². The lowest BCUT2D eigenvalue weighted by molar-refractivity contribution is -0.403. The van der Waals surface area contributed by atoms with Crippen LogP contribution in [-0.4, -0.2) is 51.5 Å². The minimum Gasteiger partial charge on any atom is -0.508 e. The summed E-state index contributed by atoms with van der Waals surface area (Å²) in [6.45, 7) is -0.647. The Morgan fingerprint density at radius 3 is 2.71 bits per heavy atom. The van der Waals surface area contributed by atoms with E-state index in [2.05, 4.69) is 16.0 Å². The molecule has 0 bridgehead atoms. The molecule has 1 amide bonds. The van der Waals surface area contributed by atoms with Crippen LogP contribution in [0.4, 0.5) is 0 Å². The fourth-order valence-corrected chi connectivity index (χ4v) is 2.16. The van der Waals surface area contributed by atoms with E-state index in [1.165, 1.54) is 0 Å². The summed E-state index contributed by atoms with van der Waals surface area (Å²) < 4.78 is 0. The number of nitrogens with one attached hydrogen (secondary N) is 2. The number of hydrogen-bond donors (Lipinski definition) is 6. The van der Waals surface area contributed by atoms with Crippen molar-refractivity contribution in [2.24, 2.45) is 0 Å². The largest absolute Gasteiger partial charge is 0.508 e. The van der Waals surface area contributed by atoms with Gasteiger partial charge in [0.15, 0.2) is 6.04 Å². The number of hydrogen-bond acceptors (Lipinski definition) is 4. The molecule has 0 aliphatic carbocycles. The van der Waals surface area contributed by atoms with Crippen LogP contribution in [0.3, 0.4) is 0 Å². The molecule has 7 heteroatoms. The maximum Gasteiger partial charge on any atom is 0.278 e. The van der Waals surface area contributed by atoms with E-state index < -0.39 is 12.1 Å². The van der Waals surface area contributed by atoms with Gasteiger partial charge in [0.2, 0.25) is 0 Å². The molecule has 0 spiro atoms. The van der Waals surface area contributed by atoms with E-state index in [-0.39, 0.29) is 24.9 Å². The summed E-state index contributed by atoms with van der Waals surface area (Å²) >= 11 is 0. The summed E-state index contributed by atoms with van der Waals surface area (Å²) in [5.41, 5.74) is 5.56. The van der Waals surface area contributed by atoms with Crippen molar-refractivity contribution < 1.29 is 25.8 Å². The first-order valence-corrected chi connectivity index (χ1v) is 6.69. The summed E-state index contributed by atoms with van der Waals surface area (Å²) in [6.07, 6.45) is 2.17. The first-order chi connectivity index (χ1) is 10.0. The topological polar surface area (TPSA) is 133 Å². The lowest BCUT2D eigenvalue weighted by atomic mass is 10.0. The predicted molar refractivity (Wildman–Crippen MR) is 76.4 cm³/mol. The van der Waals surface area contributed by atoms with Gasteiger partial charge in [0.05, 0.1) is 19.3 Å². The summed E-state index contributed by atoms with van der Waals surface area (Å²) in [7, 11) is 0. The van der Waals surface area contributed by atoms with E-state index in [1.807, 2.05) is 0 Å². The highest BCUT2D eigenvalue weighted by molar-refractivity contribution is 5.86. The number of aromatic amines is 1. The van der Waals surface area contributed by atoms with Crippen LogP contribution in [0.2, 0.25) is 0 Å². The zero-order valence-corrected chi connectivity index (χ0v) is 11.5. The van der Waals surface area contributed by atoms with Crippen molar-refractivity contribution in [1.82, 2.24) is 10.3 Å². The van der Waals surface area contributed by atoms with Crippen molar-refractivity contribution >= 4 is 16.8 Å². The number of aliphatic hydroxyl groups is 2. The first-order valence-electron chi connectivity index (χ1n) is 6.69. The van der Waals surface area contributed by atoms with Gasteiger partial charge in [-0.25, -0.2) is 0 Å². The number of amides is 1. The molecule has 0 unspecified atom stereocenters. The Hall–Kier alpha value is -2.09. The van der Waals surface area contributed by atoms with Gasteiger partial charge in [-0.3, -0.25) is 4.79 Å². The lowest BCUT2D eigenvalue weighted by Crippen LogP contribution is -2.69. The number of aromatic nitrogens is 1. The highest BCUT2D eigenvalue weighted by atomic mass is 16.3. The zero-order chi connectivity index (χ0) is 15.4. The zero-order valence-electron chi connectivity index (χ0n) is 11.5. The SMILES string of the molecule is [NH3+][C@@H](Cc1c[nH]c2ccc(O)cc12)C(=O)NC(CO)CO. The van der Waals surface area contributed by atoms with Gasteiger partial charge in [0.25, 0.3) is 5.91 Å².